The lowest BCUT2D eigenvalue weighted by atomic mass is 9.99. The van der Waals surface area contributed by atoms with Gasteiger partial charge in [-0.15, -0.1) is 0 Å². The van der Waals surface area contributed by atoms with Crippen LogP contribution < -0.4 is 10.2 Å². The summed E-state index contributed by atoms with van der Waals surface area (Å²) in [5, 5.41) is 3.76. The molecule has 0 spiro atoms. The number of hydrogen-bond acceptors (Lipinski definition) is 3. The summed E-state index contributed by atoms with van der Waals surface area (Å²) in [5.74, 6) is 0.284. The van der Waals surface area contributed by atoms with Crippen molar-refractivity contribution in [1.82, 2.24) is 10.2 Å². The number of para-hydroxylation sites is 1. The van der Waals surface area contributed by atoms with Gasteiger partial charge >= 0.3 is 0 Å². The third kappa shape index (κ3) is 3.56. The van der Waals surface area contributed by atoms with Gasteiger partial charge in [-0.3, -0.25) is 4.79 Å². The predicted octanol–water partition coefficient (Wildman–Crippen LogP) is 1.87. The highest BCUT2D eigenvalue weighted by atomic mass is 16.2. The largest absolute Gasteiger partial charge is 0.371 e. The Kier molecular flexibility index (Phi) is 4.44. The number of rotatable bonds is 3. The molecule has 0 aliphatic carbocycles. The Bertz CT molecular complexity index is 468. The summed E-state index contributed by atoms with van der Waals surface area (Å²) in [7, 11) is 1.91. The van der Waals surface area contributed by atoms with E-state index in [2.05, 4.69) is 40.5 Å². The van der Waals surface area contributed by atoms with Gasteiger partial charge in [0.25, 0.3) is 0 Å². The molecule has 2 aliphatic heterocycles. The second-order valence-corrected chi connectivity index (χ2v) is 6.27. The number of nitrogens with zero attached hydrogens (tertiary/aromatic N) is 2. The zero-order chi connectivity index (χ0) is 14.7. The Morgan fingerprint density at radius 2 is 1.76 bits per heavy atom. The fourth-order valence-corrected chi connectivity index (χ4v) is 3.42. The number of carbonyl (C=O) groups is 1. The first-order valence-corrected chi connectivity index (χ1v) is 8.02. The van der Waals surface area contributed by atoms with E-state index in [1.54, 1.807) is 0 Å². The maximum Gasteiger partial charge on any atom is 0.222 e. The number of carbonyl (C=O) groups excluding carboxylic acids is 1. The molecule has 1 unspecified atom stereocenters. The SMILES string of the molecule is CN1CC(NC2CCN(c3ccccc3)CC2)CCC1=O. The number of likely N-dealkylation sites (tertiary alicyclic amines) is 1. The molecule has 0 aromatic heterocycles. The number of piperidine rings is 2. The van der Waals surface area contributed by atoms with Gasteiger partial charge in [-0.2, -0.15) is 0 Å². The molecule has 0 radical (unpaired) electrons. The first-order chi connectivity index (χ1) is 10.2. The lowest BCUT2D eigenvalue weighted by Crippen LogP contribution is -2.52. The molecular weight excluding hydrogens is 262 g/mol. The summed E-state index contributed by atoms with van der Waals surface area (Å²) in [5.41, 5.74) is 1.33. The zero-order valence-corrected chi connectivity index (χ0v) is 12.8. The van der Waals surface area contributed by atoms with Crippen molar-refractivity contribution >= 4 is 11.6 Å². The zero-order valence-electron chi connectivity index (χ0n) is 12.8. The highest BCUT2D eigenvalue weighted by Crippen LogP contribution is 2.20. The van der Waals surface area contributed by atoms with Crippen LogP contribution in [0.5, 0.6) is 0 Å². The fraction of sp³-hybridized carbons (Fsp3) is 0.588. The van der Waals surface area contributed by atoms with Crippen LogP contribution in [0.4, 0.5) is 5.69 Å². The molecule has 4 nitrogen and oxygen atoms in total. The van der Waals surface area contributed by atoms with Crippen molar-refractivity contribution in [3.63, 3.8) is 0 Å². The molecular formula is C17H25N3O. The fourth-order valence-electron chi connectivity index (χ4n) is 3.42. The lowest BCUT2D eigenvalue weighted by molar-refractivity contribution is -0.132. The molecule has 0 saturated carbocycles. The van der Waals surface area contributed by atoms with Gasteiger partial charge in [-0.25, -0.2) is 0 Å². The Labute approximate surface area is 127 Å². The van der Waals surface area contributed by atoms with Gasteiger partial charge in [0.1, 0.15) is 0 Å². The van der Waals surface area contributed by atoms with Crippen LogP contribution >= 0.6 is 0 Å². The van der Waals surface area contributed by atoms with Crippen LogP contribution in [-0.2, 0) is 4.79 Å². The van der Waals surface area contributed by atoms with Crippen LogP contribution in [0.25, 0.3) is 0 Å². The number of nitrogens with one attached hydrogen (secondary N) is 1. The summed E-state index contributed by atoms with van der Waals surface area (Å²) in [6.07, 6.45) is 4.05. The Morgan fingerprint density at radius 1 is 1.05 bits per heavy atom. The summed E-state index contributed by atoms with van der Waals surface area (Å²) in [6.45, 7) is 3.09. The molecule has 1 amide bonds. The van der Waals surface area contributed by atoms with E-state index in [9.17, 15) is 4.79 Å². The van der Waals surface area contributed by atoms with Gasteiger partial charge in [0.05, 0.1) is 0 Å². The van der Waals surface area contributed by atoms with Crippen LogP contribution in [0.2, 0.25) is 0 Å². The van der Waals surface area contributed by atoms with Crippen LogP contribution in [0.3, 0.4) is 0 Å². The number of benzene rings is 1. The molecule has 4 heteroatoms. The van der Waals surface area contributed by atoms with Crippen LogP contribution in [-0.4, -0.2) is 49.6 Å². The molecule has 114 valence electrons. The van der Waals surface area contributed by atoms with Crippen molar-refractivity contribution in [3.05, 3.63) is 30.3 Å². The van der Waals surface area contributed by atoms with E-state index in [-0.39, 0.29) is 5.91 Å². The summed E-state index contributed by atoms with van der Waals surface area (Å²) in [4.78, 5) is 15.9. The second-order valence-electron chi connectivity index (χ2n) is 6.27. The van der Waals surface area contributed by atoms with Crippen LogP contribution in [0.15, 0.2) is 30.3 Å². The van der Waals surface area contributed by atoms with E-state index in [0.717, 1.165) is 26.1 Å². The molecule has 21 heavy (non-hydrogen) atoms. The van der Waals surface area contributed by atoms with Gasteiger partial charge < -0.3 is 15.1 Å². The van der Waals surface area contributed by atoms with Gasteiger partial charge in [-0.05, 0) is 31.4 Å². The van der Waals surface area contributed by atoms with Gasteiger partial charge in [0.15, 0.2) is 0 Å². The molecule has 1 aromatic rings. The topological polar surface area (TPSA) is 35.6 Å². The molecule has 2 fully saturated rings. The minimum absolute atomic E-state index is 0.284. The van der Waals surface area contributed by atoms with Crippen molar-refractivity contribution in [1.29, 1.82) is 0 Å². The van der Waals surface area contributed by atoms with Gasteiger partial charge in [-0.1, -0.05) is 18.2 Å². The van der Waals surface area contributed by atoms with E-state index in [4.69, 9.17) is 0 Å². The smallest absolute Gasteiger partial charge is 0.222 e. The van der Waals surface area contributed by atoms with Crippen molar-refractivity contribution in [2.45, 2.75) is 37.8 Å². The van der Waals surface area contributed by atoms with E-state index in [0.29, 0.717) is 18.5 Å². The van der Waals surface area contributed by atoms with Crippen LogP contribution in [0, 0.1) is 0 Å². The Hall–Kier alpha value is -1.55. The summed E-state index contributed by atoms with van der Waals surface area (Å²) >= 11 is 0. The molecule has 1 aromatic carbocycles. The van der Waals surface area contributed by atoms with E-state index >= 15 is 0 Å². The summed E-state index contributed by atoms with van der Waals surface area (Å²) in [6, 6.07) is 11.7. The third-order valence-corrected chi connectivity index (χ3v) is 4.71. The average molecular weight is 287 g/mol. The maximum atomic E-state index is 11.5. The molecule has 2 aliphatic rings. The standard InChI is InChI=1S/C17H25N3O/c1-19-13-15(7-8-17(19)21)18-14-9-11-20(12-10-14)16-5-3-2-4-6-16/h2-6,14-15,18H,7-13H2,1H3. The molecule has 2 saturated heterocycles. The van der Waals surface area contributed by atoms with Gasteiger partial charge in [0.2, 0.25) is 5.91 Å². The van der Waals surface area contributed by atoms with Crippen LogP contribution in [0.1, 0.15) is 25.7 Å². The number of amides is 1. The third-order valence-electron chi connectivity index (χ3n) is 4.71. The second kappa shape index (κ2) is 6.48. The van der Waals surface area contributed by atoms with E-state index in [1.807, 2.05) is 11.9 Å². The van der Waals surface area contributed by atoms with Crippen molar-refractivity contribution in [2.75, 3.05) is 31.6 Å². The molecule has 2 heterocycles. The number of hydrogen-bond donors (Lipinski definition) is 1. The molecule has 0 bridgehead atoms. The minimum atomic E-state index is 0.284. The number of likely N-dealkylation sites (N-methyl/N-ethyl adjacent to an activating group) is 1. The first kappa shape index (κ1) is 14.4. The predicted molar refractivity (Wildman–Crippen MR) is 85.5 cm³/mol. The Balaban J connectivity index is 1.47. The molecule has 3 rings (SSSR count). The van der Waals surface area contributed by atoms with Crippen molar-refractivity contribution < 1.29 is 4.79 Å². The minimum Gasteiger partial charge on any atom is -0.371 e. The van der Waals surface area contributed by atoms with E-state index in [1.165, 1.54) is 18.5 Å². The van der Waals surface area contributed by atoms with Crippen molar-refractivity contribution in [2.24, 2.45) is 0 Å². The lowest BCUT2D eigenvalue weighted by Gasteiger charge is -2.38. The quantitative estimate of drug-likeness (QED) is 0.922. The first-order valence-electron chi connectivity index (χ1n) is 8.02. The van der Waals surface area contributed by atoms with E-state index < -0.39 is 0 Å². The highest BCUT2D eigenvalue weighted by molar-refractivity contribution is 5.76. The normalized spacial score (nSPS) is 24.4. The Morgan fingerprint density at radius 3 is 2.43 bits per heavy atom. The highest BCUT2D eigenvalue weighted by Gasteiger charge is 2.26. The summed E-state index contributed by atoms with van der Waals surface area (Å²) < 4.78 is 0. The molecule has 1 N–H and O–H groups in total. The monoisotopic (exact) mass is 287 g/mol. The number of anilines is 1. The average Bonchev–Trinajstić information content (AvgIpc) is 2.53. The molecule has 1 atom stereocenters. The van der Waals surface area contributed by atoms with Crippen molar-refractivity contribution in [3.8, 4) is 0 Å². The van der Waals surface area contributed by atoms with Gasteiger partial charge in [0, 0.05) is 50.9 Å². The maximum absolute atomic E-state index is 11.5.